The summed E-state index contributed by atoms with van der Waals surface area (Å²) in [4.78, 5) is 12.1. The minimum Gasteiger partial charge on any atom is -0.508 e. The van der Waals surface area contributed by atoms with Gasteiger partial charge in [-0.05, 0) is 48.2 Å². The van der Waals surface area contributed by atoms with Gasteiger partial charge in [-0.2, -0.15) is 0 Å². The fourth-order valence-electron chi connectivity index (χ4n) is 2.94. The lowest BCUT2D eigenvalue weighted by Crippen LogP contribution is -2.42. The first-order chi connectivity index (χ1) is 12.9. The number of hydrogen-bond donors (Lipinski definition) is 3. The minimum atomic E-state index is -0.232. The number of phenols is 1. The molecule has 1 heterocycles. The van der Waals surface area contributed by atoms with Crippen LogP contribution in [0, 0.1) is 0 Å². The molecule has 1 aliphatic rings. The largest absolute Gasteiger partial charge is 0.508 e. The maximum Gasteiger partial charge on any atom is 0.314 e. The Hall–Kier alpha value is -2.89. The summed E-state index contributed by atoms with van der Waals surface area (Å²) >= 11 is 0. The first kappa shape index (κ1) is 18.9. The number of ether oxygens (including phenoxy) is 2. The Bertz CT molecular complexity index is 787. The van der Waals surface area contributed by atoms with Crippen LogP contribution in [0.25, 0.3) is 0 Å². The van der Waals surface area contributed by atoms with E-state index in [0.717, 1.165) is 35.5 Å². The van der Waals surface area contributed by atoms with Crippen molar-refractivity contribution < 1.29 is 19.4 Å². The summed E-state index contributed by atoms with van der Waals surface area (Å²) in [6.07, 6.45) is 1.69. The second-order valence-corrected chi connectivity index (χ2v) is 7.33. The zero-order chi connectivity index (χ0) is 19.3. The van der Waals surface area contributed by atoms with Gasteiger partial charge >= 0.3 is 6.03 Å². The van der Waals surface area contributed by atoms with Crippen molar-refractivity contribution in [3.05, 3.63) is 53.6 Å². The molecule has 6 nitrogen and oxygen atoms in total. The third-order valence-electron chi connectivity index (χ3n) is 4.71. The first-order valence-electron chi connectivity index (χ1n) is 9.14. The van der Waals surface area contributed by atoms with Crippen molar-refractivity contribution in [1.29, 1.82) is 0 Å². The summed E-state index contributed by atoms with van der Waals surface area (Å²) in [6, 6.07) is 12.8. The molecule has 0 unspecified atom stereocenters. The number of rotatable bonds is 7. The lowest BCUT2D eigenvalue weighted by molar-refractivity contribution is 0.174. The predicted octanol–water partition coefficient (Wildman–Crippen LogP) is 3.33. The first-order valence-corrected chi connectivity index (χ1v) is 9.14. The molecule has 0 fully saturated rings. The van der Waals surface area contributed by atoms with Crippen molar-refractivity contribution in [2.24, 2.45) is 0 Å². The molecule has 0 atom stereocenters. The topological polar surface area (TPSA) is 79.8 Å². The number of urea groups is 1. The molecule has 3 rings (SSSR count). The van der Waals surface area contributed by atoms with E-state index < -0.39 is 0 Å². The molecule has 3 N–H and O–H groups in total. The molecule has 2 aromatic rings. The van der Waals surface area contributed by atoms with Crippen LogP contribution in [0.2, 0.25) is 0 Å². The Morgan fingerprint density at radius 1 is 1.07 bits per heavy atom. The third-order valence-corrected chi connectivity index (χ3v) is 4.71. The van der Waals surface area contributed by atoms with Crippen LogP contribution in [0.3, 0.4) is 0 Å². The normalized spacial score (nSPS) is 12.7. The van der Waals surface area contributed by atoms with Crippen molar-refractivity contribution in [2.75, 3.05) is 19.9 Å². The van der Waals surface area contributed by atoms with Gasteiger partial charge in [0.2, 0.25) is 6.79 Å². The highest BCUT2D eigenvalue weighted by molar-refractivity contribution is 5.73. The van der Waals surface area contributed by atoms with E-state index in [9.17, 15) is 9.90 Å². The van der Waals surface area contributed by atoms with Crippen molar-refractivity contribution >= 4 is 6.03 Å². The number of aromatic hydroxyl groups is 1. The number of carbonyl (C=O) groups is 1. The quantitative estimate of drug-likeness (QED) is 0.653. The molecule has 0 spiro atoms. The molecule has 27 heavy (non-hydrogen) atoms. The van der Waals surface area contributed by atoms with E-state index in [4.69, 9.17) is 9.47 Å². The fourth-order valence-corrected chi connectivity index (χ4v) is 2.94. The summed E-state index contributed by atoms with van der Waals surface area (Å²) in [7, 11) is 0. The maximum absolute atomic E-state index is 12.1. The molecule has 0 saturated carbocycles. The van der Waals surface area contributed by atoms with Crippen LogP contribution in [-0.4, -0.2) is 31.0 Å². The lowest BCUT2D eigenvalue weighted by Gasteiger charge is -2.26. The maximum atomic E-state index is 12.1. The summed E-state index contributed by atoms with van der Waals surface area (Å²) in [6.45, 7) is 5.52. The third kappa shape index (κ3) is 5.06. The van der Waals surface area contributed by atoms with Gasteiger partial charge in [0, 0.05) is 18.5 Å². The highest BCUT2D eigenvalue weighted by Gasteiger charge is 2.24. The van der Waals surface area contributed by atoms with E-state index in [2.05, 4.69) is 24.5 Å². The second-order valence-electron chi connectivity index (χ2n) is 7.33. The van der Waals surface area contributed by atoms with Crippen LogP contribution in [0.1, 0.15) is 31.4 Å². The Morgan fingerprint density at radius 3 is 2.59 bits per heavy atom. The van der Waals surface area contributed by atoms with Crippen molar-refractivity contribution in [3.8, 4) is 17.2 Å². The lowest BCUT2D eigenvalue weighted by atomic mass is 9.84. The summed E-state index contributed by atoms with van der Waals surface area (Å²) < 4.78 is 10.8. The Labute approximate surface area is 159 Å². The molecule has 144 valence electrons. The summed E-state index contributed by atoms with van der Waals surface area (Å²) in [5.74, 6) is 1.77. The van der Waals surface area contributed by atoms with Gasteiger partial charge in [-0.3, -0.25) is 0 Å². The van der Waals surface area contributed by atoms with Crippen LogP contribution in [0.4, 0.5) is 4.79 Å². The van der Waals surface area contributed by atoms with Crippen LogP contribution >= 0.6 is 0 Å². The van der Waals surface area contributed by atoms with E-state index in [1.54, 1.807) is 12.1 Å². The van der Waals surface area contributed by atoms with Crippen LogP contribution in [0.15, 0.2) is 42.5 Å². The SMILES string of the molecule is CC(C)(CNC(=O)NCCCc1ccc(O)cc1)c1ccc2c(c1)OCO2. The van der Waals surface area contributed by atoms with Crippen molar-refractivity contribution in [2.45, 2.75) is 32.1 Å². The second kappa shape index (κ2) is 8.20. The molecule has 0 aliphatic carbocycles. The molecule has 0 bridgehead atoms. The van der Waals surface area contributed by atoms with E-state index in [1.165, 1.54) is 0 Å². The molecule has 2 amide bonds. The average molecular weight is 370 g/mol. The number of amides is 2. The number of aryl methyl sites for hydroxylation is 1. The number of hydrogen-bond acceptors (Lipinski definition) is 4. The Balaban J connectivity index is 1.40. The molecule has 6 heteroatoms. The molecule has 0 aromatic heterocycles. The molecule has 0 radical (unpaired) electrons. The van der Waals surface area contributed by atoms with E-state index in [-0.39, 0.29) is 24.0 Å². The number of phenolic OH excluding ortho intramolecular Hbond substituents is 1. The summed E-state index contributed by atoms with van der Waals surface area (Å²) in [5, 5.41) is 15.1. The fraction of sp³-hybridized carbons (Fsp3) is 0.381. The number of carbonyl (C=O) groups excluding carboxylic acids is 1. The van der Waals surface area contributed by atoms with Crippen LogP contribution in [0.5, 0.6) is 17.2 Å². The zero-order valence-corrected chi connectivity index (χ0v) is 15.7. The Morgan fingerprint density at radius 2 is 1.81 bits per heavy atom. The molecule has 0 saturated heterocycles. The van der Waals surface area contributed by atoms with Gasteiger partial charge in [0.25, 0.3) is 0 Å². The van der Waals surface area contributed by atoms with Gasteiger partial charge in [-0.15, -0.1) is 0 Å². The zero-order valence-electron chi connectivity index (χ0n) is 15.7. The van der Waals surface area contributed by atoms with Gasteiger partial charge in [0.15, 0.2) is 11.5 Å². The van der Waals surface area contributed by atoms with E-state index in [1.807, 2.05) is 30.3 Å². The van der Waals surface area contributed by atoms with Crippen LogP contribution < -0.4 is 20.1 Å². The average Bonchev–Trinajstić information content (AvgIpc) is 3.13. The van der Waals surface area contributed by atoms with Gasteiger partial charge in [0.05, 0.1) is 0 Å². The minimum absolute atomic E-state index is 0.172. The molecular formula is C21H26N2O4. The van der Waals surface area contributed by atoms with Crippen molar-refractivity contribution in [3.63, 3.8) is 0 Å². The Kier molecular flexibility index (Phi) is 5.74. The predicted molar refractivity (Wildman–Crippen MR) is 103 cm³/mol. The highest BCUT2D eigenvalue weighted by atomic mass is 16.7. The number of fused-ring (bicyclic) bond motifs is 1. The number of nitrogens with one attached hydrogen (secondary N) is 2. The monoisotopic (exact) mass is 370 g/mol. The van der Waals surface area contributed by atoms with E-state index >= 15 is 0 Å². The standard InChI is InChI=1S/C21H26N2O4/c1-21(2,16-7-10-18-19(12-16)27-14-26-18)13-23-20(25)22-11-3-4-15-5-8-17(24)9-6-15/h5-10,12,24H,3-4,11,13-14H2,1-2H3,(H2,22,23,25). The summed E-state index contributed by atoms with van der Waals surface area (Å²) in [5.41, 5.74) is 1.99. The highest BCUT2D eigenvalue weighted by Crippen LogP contribution is 2.36. The van der Waals surface area contributed by atoms with Gasteiger partial charge in [0.1, 0.15) is 5.75 Å². The van der Waals surface area contributed by atoms with Gasteiger partial charge in [-0.25, -0.2) is 4.79 Å². The smallest absolute Gasteiger partial charge is 0.314 e. The van der Waals surface area contributed by atoms with Gasteiger partial charge < -0.3 is 25.2 Å². The van der Waals surface area contributed by atoms with Gasteiger partial charge in [-0.1, -0.05) is 32.0 Å². The molecule has 2 aromatic carbocycles. The van der Waals surface area contributed by atoms with Crippen LogP contribution in [-0.2, 0) is 11.8 Å². The number of benzene rings is 2. The molecular weight excluding hydrogens is 344 g/mol. The van der Waals surface area contributed by atoms with E-state index in [0.29, 0.717) is 13.1 Å². The van der Waals surface area contributed by atoms with Crippen molar-refractivity contribution in [1.82, 2.24) is 10.6 Å². The molecule has 1 aliphatic heterocycles.